The topological polar surface area (TPSA) is 9.23 Å². The van der Waals surface area contributed by atoms with Crippen molar-refractivity contribution in [2.75, 3.05) is 7.11 Å². The summed E-state index contributed by atoms with van der Waals surface area (Å²) in [5.41, 5.74) is 0. The molecule has 0 aromatic heterocycles. The molecular formula is C6H13O+. The summed E-state index contributed by atoms with van der Waals surface area (Å²) >= 11 is 0. The van der Waals surface area contributed by atoms with Gasteiger partial charge in [-0.2, -0.15) is 4.74 Å². The van der Waals surface area contributed by atoms with Gasteiger partial charge in [0.2, 0.25) is 6.10 Å². The van der Waals surface area contributed by atoms with Crippen LogP contribution in [0.25, 0.3) is 0 Å². The van der Waals surface area contributed by atoms with Gasteiger partial charge in [0.1, 0.15) is 12.8 Å². The van der Waals surface area contributed by atoms with Crippen LogP contribution in [0.3, 0.4) is 0 Å². The van der Waals surface area contributed by atoms with E-state index in [9.17, 15) is 0 Å². The molecule has 0 saturated heterocycles. The van der Waals surface area contributed by atoms with Crippen molar-refractivity contribution >= 4 is 0 Å². The summed E-state index contributed by atoms with van der Waals surface area (Å²) in [6, 6.07) is 0. The second-order valence-electron chi connectivity index (χ2n) is 1.45. The molecule has 0 aliphatic rings. The zero-order valence-corrected chi connectivity index (χ0v) is 5.32. The van der Waals surface area contributed by atoms with Gasteiger partial charge in [-0.15, -0.1) is 0 Å². The monoisotopic (exact) mass is 101 g/mol. The molecule has 0 amide bonds. The minimum absolute atomic E-state index is 1.05. The molecule has 0 aromatic carbocycles. The lowest BCUT2D eigenvalue weighted by Gasteiger charge is -1.91. The Morgan fingerprint density at radius 2 is 1.71 bits per heavy atom. The lowest BCUT2D eigenvalue weighted by molar-refractivity contribution is 0.192. The summed E-state index contributed by atoms with van der Waals surface area (Å²) in [6.45, 7) is 4.20. The Labute approximate surface area is 45.7 Å². The first kappa shape index (κ1) is 6.83. The SMILES string of the molecule is CC[C+](CC)OC. The molecule has 0 rings (SSSR count). The van der Waals surface area contributed by atoms with Crippen molar-refractivity contribution in [2.24, 2.45) is 0 Å². The van der Waals surface area contributed by atoms with Crippen molar-refractivity contribution in [1.29, 1.82) is 0 Å². The molecular weight excluding hydrogens is 88.1 g/mol. The number of ether oxygens (including phenoxy) is 1. The normalized spacial score (nSPS) is 9.00. The Morgan fingerprint density at radius 1 is 1.29 bits per heavy atom. The average molecular weight is 101 g/mol. The molecule has 0 N–H and O–H groups in total. The molecule has 0 heterocycles. The lowest BCUT2D eigenvalue weighted by Crippen LogP contribution is -1.94. The van der Waals surface area contributed by atoms with E-state index < -0.39 is 0 Å². The summed E-state index contributed by atoms with van der Waals surface area (Å²) < 4.78 is 4.97. The summed E-state index contributed by atoms with van der Waals surface area (Å²) in [4.78, 5) is 0. The second-order valence-corrected chi connectivity index (χ2v) is 1.45. The summed E-state index contributed by atoms with van der Waals surface area (Å²) in [6.07, 6.45) is 3.28. The first-order valence-electron chi connectivity index (χ1n) is 2.73. The summed E-state index contributed by atoms with van der Waals surface area (Å²) in [5, 5.41) is 0. The average Bonchev–Trinajstić information content (AvgIpc) is 1.72. The zero-order chi connectivity index (χ0) is 5.70. The van der Waals surface area contributed by atoms with Crippen LogP contribution in [-0.4, -0.2) is 7.11 Å². The number of hydrogen-bond acceptors (Lipinski definition) is 1. The van der Waals surface area contributed by atoms with Crippen molar-refractivity contribution in [2.45, 2.75) is 26.7 Å². The molecule has 0 bridgehead atoms. The molecule has 7 heavy (non-hydrogen) atoms. The van der Waals surface area contributed by atoms with Gasteiger partial charge in [0.05, 0.1) is 7.11 Å². The maximum atomic E-state index is 4.97. The maximum absolute atomic E-state index is 4.97. The van der Waals surface area contributed by atoms with E-state index in [0.29, 0.717) is 0 Å². The third-order valence-electron chi connectivity index (χ3n) is 1.08. The summed E-state index contributed by atoms with van der Waals surface area (Å²) in [7, 11) is 1.72. The van der Waals surface area contributed by atoms with E-state index in [1.165, 1.54) is 6.10 Å². The first-order valence-corrected chi connectivity index (χ1v) is 2.73. The molecule has 0 spiro atoms. The Kier molecular flexibility index (Phi) is 3.90. The van der Waals surface area contributed by atoms with E-state index in [1.807, 2.05) is 0 Å². The minimum Gasteiger partial charge on any atom is -0.197 e. The second kappa shape index (κ2) is 4.00. The first-order chi connectivity index (χ1) is 3.35. The third kappa shape index (κ3) is 2.52. The van der Waals surface area contributed by atoms with Crippen molar-refractivity contribution in [3.8, 4) is 0 Å². The van der Waals surface area contributed by atoms with Gasteiger partial charge in [0.25, 0.3) is 0 Å². The molecule has 1 heteroatoms. The molecule has 0 atom stereocenters. The fraction of sp³-hybridized carbons (Fsp3) is 0.833. The Balaban J connectivity index is 2.99. The van der Waals surface area contributed by atoms with Crippen LogP contribution in [-0.2, 0) is 4.74 Å². The van der Waals surface area contributed by atoms with Crippen LogP contribution in [0.5, 0.6) is 0 Å². The number of methoxy groups -OCH3 is 1. The molecule has 1 nitrogen and oxygen atoms in total. The van der Waals surface area contributed by atoms with Crippen molar-refractivity contribution in [3.63, 3.8) is 0 Å². The smallest absolute Gasteiger partial charge is 0.197 e. The quantitative estimate of drug-likeness (QED) is 0.494. The van der Waals surface area contributed by atoms with Crippen LogP contribution in [0.15, 0.2) is 0 Å². The van der Waals surface area contributed by atoms with Gasteiger partial charge in [-0.3, -0.25) is 0 Å². The molecule has 0 unspecified atom stereocenters. The van der Waals surface area contributed by atoms with E-state index in [2.05, 4.69) is 13.8 Å². The highest BCUT2D eigenvalue weighted by molar-refractivity contribution is 4.71. The Morgan fingerprint density at radius 3 is 1.71 bits per heavy atom. The van der Waals surface area contributed by atoms with E-state index in [1.54, 1.807) is 7.11 Å². The van der Waals surface area contributed by atoms with Crippen LogP contribution in [0.2, 0.25) is 0 Å². The minimum atomic E-state index is 1.05. The van der Waals surface area contributed by atoms with Gasteiger partial charge in [0, 0.05) is 0 Å². The van der Waals surface area contributed by atoms with Crippen LogP contribution in [0, 0.1) is 6.10 Å². The van der Waals surface area contributed by atoms with Gasteiger partial charge in [-0.25, -0.2) is 0 Å². The van der Waals surface area contributed by atoms with Crippen LogP contribution in [0.1, 0.15) is 26.7 Å². The molecule has 0 saturated carbocycles. The van der Waals surface area contributed by atoms with Gasteiger partial charge < -0.3 is 0 Å². The van der Waals surface area contributed by atoms with Gasteiger partial charge >= 0.3 is 0 Å². The molecule has 0 fully saturated rings. The Hall–Kier alpha value is -0.170. The van der Waals surface area contributed by atoms with E-state index in [4.69, 9.17) is 4.74 Å². The highest BCUT2D eigenvalue weighted by Crippen LogP contribution is 2.08. The molecule has 0 radical (unpaired) electrons. The van der Waals surface area contributed by atoms with E-state index in [-0.39, 0.29) is 0 Å². The van der Waals surface area contributed by atoms with Gasteiger partial charge in [-0.1, -0.05) is 0 Å². The largest absolute Gasteiger partial charge is 0.240 e. The van der Waals surface area contributed by atoms with Crippen molar-refractivity contribution < 1.29 is 4.74 Å². The van der Waals surface area contributed by atoms with E-state index in [0.717, 1.165) is 12.8 Å². The van der Waals surface area contributed by atoms with Crippen molar-refractivity contribution in [1.82, 2.24) is 0 Å². The lowest BCUT2D eigenvalue weighted by atomic mass is 10.2. The summed E-state index contributed by atoms with van der Waals surface area (Å²) in [5.74, 6) is 0. The maximum Gasteiger partial charge on any atom is 0.240 e. The fourth-order valence-corrected chi connectivity index (χ4v) is 0.539. The molecule has 0 aliphatic carbocycles. The zero-order valence-electron chi connectivity index (χ0n) is 5.32. The predicted molar refractivity (Wildman–Crippen MR) is 30.8 cm³/mol. The van der Waals surface area contributed by atoms with Gasteiger partial charge in [0.15, 0.2) is 0 Å². The van der Waals surface area contributed by atoms with Crippen LogP contribution < -0.4 is 0 Å². The highest BCUT2D eigenvalue weighted by atomic mass is 16.5. The highest BCUT2D eigenvalue weighted by Gasteiger charge is 2.11. The molecule has 42 valence electrons. The predicted octanol–water partition coefficient (Wildman–Crippen LogP) is 1.98. The van der Waals surface area contributed by atoms with Crippen molar-refractivity contribution in [3.05, 3.63) is 6.10 Å². The fourth-order valence-electron chi connectivity index (χ4n) is 0.539. The van der Waals surface area contributed by atoms with Crippen LogP contribution in [0.4, 0.5) is 0 Å². The number of hydrogen-bond donors (Lipinski definition) is 0. The van der Waals surface area contributed by atoms with Crippen LogP contribution >= 0.6 is 0 Å². The number of rotatable bonds is 3. The standard InChI is InChI=1S/C6H13O/c1-4-6(5-2)7-3/h4-5H2,1-3H3/q+1. The Bertz CT molecular complexity index is 25.7. The van der Waals surface area contributed by atoms with Gasteiger partial charge in [-0.05, 0) is 13.8 Å². The third-order valence-corrected chi connectivity index (χ3v) is 1.08. The molecule has 0 aliphatic heterocycles. The molecule has 0 aromatic rings. The van der Waals surface area contributed by atoms with E-state index >= 15 is 0 Å².